The van der Waals surface area contributed by atoms with E-state index in [4.69, 9.17) is 4.74 Å². The van der Waals surface area contributed by atoms with Crippen LogP contribution in [0.25, 0.3) is 0 Å². The first kappa shape index (κ1) is 14.4. The first-order valence-electron chi connectivity index (χ1n) is 5.53. The highest BCUT2D eigenvalue weighted by Gasteiger charge is 2.18. The zero-order valence-corrected chi connectivity index (χ0v) is 11.9. The first-order valence-corrected chi connectivity index (χ1v) is 7.17. The van der Waals surface area contributed by atoms with Crippen LogP contribution in [-0.2, 0) is 4.74 Å². The quantitative estimate of drug-likeness (QED) is 0.476. The average molecular weight is 311 g/mol. The van der Waals surface area contributed by atoms with Crippen molar-refractivity contribution in [3.8, 4) is 0 Å². The van der Waals surface area contributed by atoms with Crippen LogP contribution >= 0.6 is 23.1 Å². The van der Waals surface area contributed by atoms with E-state index in [1.807, 2.05) is 0 Å². The van der Waals surface area contributed by atoms with Crippen LogP contribution in [0.2, 0.25) is 0 Å². The lowest BCUT2D eigenvalue weighted by atomic mass is 10.3. The second kappa shape index (κ2) is 6.44. The highest BCUT2D eigenvalue weighted by atomic mass is 32.2. The van der Waals surface area contributed by atoms with Crippen LogP contribution in [-0.4, -0.2) is 27.7 Å². The summed E-state index contributed by atoms with van der Waals surface area (Å²) in [5.41, 5.74) is -0.00890. The number of ether oxygens (including phenoxy) is 1. The van der Waals surface area contributed by atoms with Crippen molar-refractivity contribution in [2.45, 2.75) is 16.2 Å². The maximum atomic E-state index is 11.5. The van der Waals surface area contributed by atoms with Gasteiger partial charge in [-0.1, -0.05) is 35.2 Å². The largest absolute Gasteiger partial charge is 0.461 e. The number of benzene rings is 1. The number of hydrogen-bond donors (Lipinski definition) is 0. The summed E-state index contributed by atoms with van der Waals surface area (Å²) < 4.78 is 5.25. The number of esters is 1. The highest BCUT2D eigenvalue weighted by Crippen LogP contribution is 2.35. The molecule has 0 fully saturated rings. The van der Waals surface area contributed by atoms with E-state index in [0.29, 0.717) is 9.24 Å². The molecular formula is C11H9N3O4S2. The Morgan fingerprint density at radius 1 is 1.45 bits per heavy atom. The summed E-state index contributed by atoms with van der Waals surface area (Å²) in [6.45, 7) is 1.95. The van der Waals surface area contributed by atoms with E-state index in [0.717, 1.165) is 23.1 Å². The molecule has 0 saturated carbocycles. The molecule has 1 aromatic heterocycles. The summed E-state index contributed by atoms with van der Waals surface area (Å²) in [6.07, 6.45) is 0. The van der Waals surface area contributed by atoms with Gasteiger partial charge >= 0.3 is 5.97 Å². The van der Waals surface area contributed by atoms with E-state index in [2.05, 4.69) is 10.2 Å². The predicted octanol–water partition coefficient (Wildman–Crippen LogP) is 2.77. The summed E-state index contributed by atoms with van der Waals surface area (Å²) in [4.78, 5) is 22.3. The second-order valence-electron chi connectivity index (χ2n) is 3.42. The molecule has 0 spiro atoms. The third-order valence-electron chi connectivity index (χ3n) is 2.12. The molecule has 1 heterocycles. The standard InChI is InChI=1S/C11H9N3O4S2/c1-2-18-10(15)9-12-13-11(20-9)19-8-6-4-3-5-7(8)14(16)17/h3-6H,2H2,1H3. The zero-order chi connectivity index (χ0) is 14.5. The maximum Gasteiger partial charge on any atom is 0.369 e. The Kier molecular flexibility index (Phi) is 4.64. The SMILES string of the molecule is CCOC(=O)c1nnc(Sc2ccccc2[N+](=O)[O-])s1. The van der Waals surface area contributed by atoms with Crippen molar-refractivity contribution >= 4 is 34.8 Å². The van der Waals surface area contributed by atoms with Crippen LogP contribution < -0.4 is 0 Å². The molecule has 9 heteroatoms. The Balaban J connectivity index is 2.19. The topological polar surface area (TPSA) is 95.2 Å². The van der Waals surface area contributed by atoms with Gasteiger partial charge in [-0.2, -0.15) is 0 Å². The minimum absolute atomic E-state index is 0.00890. The molecule has 104 valence electrons. The van der Waals surface area contributed by atoms with Crippen LogP contribution in [0.5, 0.6) is 0 Å². The van der Waals surface area contributed by atoms with E-state index in [9.17, 15) is 14.9 Å². The van der Waals surface area contributed by atoms with E-state index in [-0.39, 0.29) is 17.3 Å². The number of carbonyl (C=O) groups is 1. The average Bonchev–Trinajstić information content (AvgIpc) is 2.88. The van der Waals surface area contributed by atoms with Crippen LogP contribution in [0, 0.1) is 10.1 Å². The third kappa shape index (κ3) is 3.31. The van der Waals surface area contributed by atoms with E-state index in [1.165, 1.54) is 6.07 Å². The molecule has 0 atom stereocenters. The highest BCUT2D eigenvalue weighted by molar-refractivity contribution is 8.01. The predicted molar refractivity (Wildman–Crippen MR) is 73.1 cm³/mol. The molecule has 1 aromatic carbocycles. The summed E-state index contributed by atoms with van der Waals surface area (Å²) in [5, 5.41) is 18.6. The molecule has 0 unspecified atom stereocenters. The van der Waals surface area contributed by atoms with Gasteiger partial charge in [0, 0.05) is 6.07 Å². The fourth-order valence-electron chi connectivity index (χ4n) is 1.31. The smallest absolute Gasteiger partial charge is 0.369 e. The molecule has 2 rings (SSSR count). The van der Waals surface area contributed by atoms with Gasteiger partial charge in [0.05, 0.1) is 16.4 Å². The molecule has 0 N–H and O–H groups in total. The normalized spacial score (nSPS) is 10.2. The molecule has 0 aliphatic carbocycles. The maximum absolute atomic E-state index is 11.5. The summed E-state index contributed by atoms with van der Waals surface area (Å²) in [7, 11) is 0. The minimum Gasteiger partial charge on any atom is -0.461 e. The monoisotopic (exact) mass is 311 g/mol. The van der Waals surface area contributed by atoms with Crippen molar-refractivity contribution in [2.24, 2.45) is 0 Å². The number of nitro groups is 1. The van der Waals surface area contributed by atoms with E-state index < -0.39 is 10.9 Å². The van der Waals surface area contributed by atoms with Gasteiger partial charge in [0.25, 0.3) is 5.69 Å². The van der Waals surface area contributed by atoms with Crippen LogP contribution in [0.1, 0.15) is 16.7 Å². The van der Waals surface area contributed by atoms with Crippen LogP contribution in [0.15, 0.2) is 33.5 Å². The second-order valence-corrected chi connectivity index (χ2v) is 5.69. The van der Waals surface area contributed by atoms with Gasteiger partial charge in [0.1, 0.15) is 0 Å². The fourth-order valence-corrected chi connectivity index (χ4v) is 3.12. The zero-order valence-electron chi connectivity index (χ0n) is 10.3. The Morgan fingerprint density at radius 2 is 2.20 bits per heavy atom. The fraction of sp³-hybridized carbons (Fsp3) is 0.182. The number of rotatable bonds is 5. The third-order valence-corrected chi connectivity index (χ3v) is 4.14. The van der Waals surface area contributed by atoms with Crippen molar-refractivity contribution in [1.82, 2.24) is 10.2 Å². The number of para-hydroxylation sites is 1. The Labute approximate surface area is 122 Å². The Bertz CT molecular complexity index is 644. The van der Waals surface area contributed by atoms with Crippen molar-refractivity contribution in [2.75, 3.05) is 6.61 Å². The molecule has 7 nitrogen and oxygen atoms in total. The molecular weight excluding hydrogens is 302 g/mol. The van der Waals surface area contributed by atoms with Crippen molar-refractivity contribution in [3.63, 3.8) is 0 Å². The lowest BCUT2D eigenvalue weighted by Crippen LogP contribution is -2.03. The Hall–Kier alpha value is -2.00. The first-order chi connectivity index (χ1) is 9.61. The lowest BCUT2D eigenvalue weighted by Gasteiger charge is -1.98. The number of nitrogens with zero attached hydrogens (tertiary/aromatic N) is 3. The number of aromatic nitrogens is 2. The summed E-state index contributed by atoms with van der Waals surface area (Å²) in [6, 6.07) is 6.32. The summed E-state index contributed by atoms with van der Waals surface area (Å²) >= 11 is 2.13. The molecule has 0 radical (unpaired) electrons. The molecule has 0 saturated heterocycles. The molecule has 0 amide bonds. The Morgan fingerprint density at radius 3 is 2.90 bits per heavy atom. The molecule has 0 aliphatic rings. The van der Waals surface area contributed by atoms with E-state index in [1.54, 1.807) is 25.1 Å². The van der Waals surface area contributed by atoms with Crippen molar-refractivity contribution in [3.05, 3.63) is 39.4 Å². The van der Waals surface area contributed by atoms with Gasteiger partial charge < -0.3 is 4.74 Å². The lowest BCUT2D eigenvalue weighted by molar-refractivity contribution is -0.387. The molecule has 0 aliphatic heterocycles. The summed E-state index contributed by atoms with van der Waals surface area (Å²) in [5.74, 6) is -0.542. The van der Waals surface area contributed by atoms with Crippen LogP contribution in [0.4, 0.5) is 5.69 Å². The molecule has 0 bridgehead atoms. The van der Waals surface area contributed by atoms with Gasteiger partial charge in [-0.05, 0) is 13.0 Å². The van der Waals surface area contributed by atoms with Gasteiger partial charge in [-0.15, -0.1) is 10.2 Å². The van der Waals surface area contributed by atoms with E-state index >= 15 is 0 Å². The molecule has 20 heavy (non-hydrogen) atoms. The van der Waals surface area contributed by atoms with Gasteiger partial charge in [0.15, 0.2) is 4.34 Å². The number of carbonyl (C=O) groups excluding carboxylic acids is 1. The van der Waals surface area contributed by atoms with Gasteiger partial charge in [-0.25, -0.2) is 4.79 Å². The van der Waals surface area contributed by atoms with Gasteiger partial charge in [-0.3, -0.25) is 10.1 Å². The van der Waals surface area contributed by atoms with Crippen molar-refractivity contribution in [1.29, 1.82) is 0 Å². The number of nitro benzene ring substituents is 1. The minimum atomic E-state index is -0.542. The van der Waals surface area contributed by atoms with Gasteiger partial charge in [0.2, 0.25) is 5.01 Å². The van der Waals surface area contributed by atoms with Crippen LogP contribution in [0.3, 0.4) is 0 Å². The molecule has 2 aromatic rings. The van der Waals surface area contributed by atoms with Crippen molar-refractivity contribution < 1.29 is 14.5 Å². The number of hydrogen-bond acceptors (Lipinski definition) is 8.